The molecule has 0 spiro atoms. The molecule has 0 saturated carbocycles. The van der Waals surface area contributed by atoms with Gasteiger partial charge in [-0.1, -0.05) is 29.8 Å². The van der Waals surface area contributed by atoms with Crippen LogP contribution < -0.4 is 10.5 Å². The highest BCUT2D eigenvalue weighted by Crippen LogP contribution is 2.27. The van der Waals surface area contributed by atoms with Gasteiger partial charge < -0.3 is 5.32 Å². The van der Waals surface area contributed by atoms with Gasteiger partial charge in [0.2, 0.25) is 10.0 Å². The first kappa shape index (κ1) is 15.8. The first-order valence-corrected chi connectivity index (χ1v) is 8.02. The van der Waals surface area contributed by atoms with E-state index >= 15 is 0 Å². The molecule has 0 amide bonds. The Hall–Kier alpha value is -1.63. The van der Waals surface area contributed by atoms with Gasteiger partial charge in [-0.2, -0.15) is 0 Å². The molecule has 3 N–H and O–H groups in total. The molecular weight excluding hydrogens is 315 g/mol. The Bertz CT molecular complexity index is 779. The van der Waals surface area contributed by atoms with Crippen LogP contribution >= 0.6 is 11.6 Å². The molecule has 4 nitrogen and oxygen atoms in total. The van der Waals surface area contributed by atoms with E-state index in [2.05, 4.69) is 5.32 Å². The molecule has 21 heavy (non-hydrogen) atoms. The molecule has 0 bridgehead atoms. The van der Waals surface area contributed by atoms with Gasteiger partial charge in [0.05, 0.1) is 9.92 Å². The second-order valence-electron chi connectivity index (χ2n) is 4.54. The average Bonchev–Trinajstić information content (AvgIpc) is 2.43. The smallest absolute Gasteiger partial charge is 0.238 e. The molecule has 0 heterocycles. The number of primary sulfonamides is 1. The molecule has 2 aromatic rings. The van der Waals surface area contributed by atoms with E-state index < -0.39 is 15.8 Å². The number of sulfonamides is 1. The van der Waals surface area contributed by atoms with Gasteiger partial charge in [-0.15, -0.1) is 0 Å². The average molecular weight is 329 g/mol. The van der Waals surface area contributed by atoms with E-state index in [0.29, 0.717) is 16.8 Å². The molecule has 2 rings (SSSR count). The molecule has 0 aliphatic heterocycles. The van der Waals surface area contributed by atoms with E-state index in [0.717, 1.165) is 0 Å². The number of hydrogen-bond donors (Lipinski definition) is 2. The first-order valence-electron chi connectivity index (χ1n) is 6.10. The van der Waals surface area contributed by atoms with Gasteiger partial charge in [-0.3, -0.25) is 0 Å². The topological polar surface area (TPSA) is 72.2 Å². The van der Waals surface area contributed by atoms with Crippen molar-refractivity contribution in [3.8, 4) is 0 Å². The third-order valence-electron chi connectivity index (χ3n) is 3.09. The maximum Gasteiger partial charge on any atom is 0.238 e. The standard InChI is InChI=1S/C14H14ClFN2O2S/c1-9-12(7-6-11(16)14(9)15)18-8-10-4-2-3-5-13(10)21(17,19)20/h2-7,18H,8H2,1H3,(H2,17,19,20). The zero-order valence-electron chi connectivity index (χ0n) is 11.2. The molecule has 0 fully saturated rings. The van der Waals surface area contributed by atoms with Gasteiger partial charge >= 0.3 is 0 Å². The van der Waals surface area contributed by atoms with Gasteiger partial charge in [0, 0.05) is 12.2 Å². The van der Waals surface area contributed by atoms with E-state index in [1.807, 2.05) is 0 Å². The number of nitrogens with two attached hydrogens (primary N) is 1. The Morgan fingerprint density at radius 1 is 1.24 bits per heavy atom. The number of hydrogen-bond acceptors (Lipinski definition) is 3. The van der Waals surface area contributed by atoms with Crippen LogP contribution in [0, 0.1) is 12.7 Å². The minimum absolute atomic E-state index is 0.0414. The lowest BCUT2D eigenvalue weighted by atomic mass is 10.1. The van der Waals surface area contributed by atoms with Crippen LogP contribution in [0.2, 0.25) is 5.02 Å². The summed E-state index contributed by atoms with van der Waals surface area (Å²) >= 11 is 5.84. The van der Waals surface area contributed by atoms with Gasteiger partial charge in [-0.05, 0) is 36.2 Å². The van der Waals surface area contributed by atoms with Crippen molar-refractivity contribution in [2.45, 2.75) is 18.4 Å². The lowest BCUT2D eigenvalue weighted by Gasteiger charge is -2.13. The van der Waals surface area contributed by atoms with Crippen LogP contribution in [0.5, 0.6) is 0 Å². The number of benzene rings is 2. The fourth-order valence-corrected chi connectivity index (χ4v) is 2.90. The Morgan fingerprint density at radius 3 is 2.57 bits per heavy atom. The van der Waals surface area contributed by atoms with Crippen LogP contribution in [0.3, 0.4) is 0 Å². The van der Waals surface area contributed by atoms with E-state index in [1.54, 1.807) is 31.2 Å². The third kappa shape index (κ3) is 3.53. The van der Waals surface area contributed by atoms with Crippen molar-refractivity contribution in [3.63, 3.8) is 0 Å². The monoisotopic (exact) mass is 328 g/mol. The highest BCUT2D eigenvalue weighted by atomic mass is 35.5. The molecule has 0 atom stereocenters. The summed E-state index contributed by atoms with van der Waals surface area (Å²) in [5.41, 5.74) is 1.72. The maximum atomic E-state index is 13.3. The van der Waals surface area contributed by atoms with E-state index in [9.17, 15) is 12.8 Å². The van der Waals surface area contributed by atoms with Crippen molar-refractivity contribution in [1.82, 2.24) is 0 Å². The summed E-state index contributed by atoms with van der Waals surface area (Å²) in [5, 5.41) is 8.25. The molecule has 0 aliphatic rings. The summed E-state index contributed by atoms with van der Waals surface area (Å²) in [6.45, 7) is 1.91. The SMILES string of the molecule is Cc1c(NCc2ccccc2S(N)(=O)=O)ccc(F)c1Cl. The van der Waals surface area contributed by atoms with Gasteiger partial charge in [0.25, 0.3) is 0 Å². The number of anilines is 1. The van der Waals surface area contributed by atoms with Crippen LogP contribution in [-0.4, -0.2) is 8.42 Å². The van der Waals surface area contributed by atoms with Crippen molar-refractivity contribution in [2.75, 3.05) is 5.32 Å². The third-order valence-corrected chi connectivity index (χ3v) is 4.56. The van der Waals surface area contributed by atoms with Gasteiger partial charge in [0.1, 0.15) is 5.82 Å². The predicted octanol–water partition coefficient (Wildman–Crippen LogP) is 3.05. The summed E-state index contributed by atoms with van der Waals surface area (Å²) < 4.78 is 36.3. The van der Waals surface area contributed by atoms with Crippen molar-refractivity contribution in [3.05, 3.63) is 58.4 Å². The van der Waals surface area contributed by atoms with Crippen molar-refractivity contribution in [2.24, 2.45) is 5.14 Å². The molecule has 112 valence electrons. The van der Waals surface area contributed by atoms with E-state index in [-0.39, 0.29) is 16.5 Å². The van der Waals surface area contributed by atoms with Crippen LogP contribution in [-0.2, 0) is 16.6 Å². The maximum absolute atomic E-state index is 13.3. The van der Waals surface area contributed by atoms with Crippen molar-refractivity contribution in [1.29, 1.82) is 0 Å². The fraction of sp³-hybridized carbons (Fsp3) is 0.143. The predicted molar refractivity (Wildman–Crippen MR) is 81.3 cm³/mol. The molecule has 0 radical (unpaired) electrons. The Balaban J connectivity index is 2.28. The second kappa shape index (κ2) is 6.01. The first-order chi connectivity index (χ1) is 9.80. The molecule has 0 aromatic heterocycles. The summed E-state index contributed by atoms with van der Waals surface area (Å²) in [5.74, 6) is -0.496. The summed E-state index contributed by atoms with van der Waals surface area (Å²) in [6.07, 6.45) is 0. The Labute approximate surface area is 127 Å². The highest BCUT2D eigenvalue weighted by molar-refractivity contribution is 7.89. The van der Waals surface area contributed by atoms with Crippen LogP contribution in [0.4, 0.5) is 10.1 Å². The summed E-state index contributed by atoms with van der Waals surface area (Å²) in [7, 11) is -3.79. The molecule has 0 saturated heterocycles. The van der Waals surface area contributed by atoms with Crippen LogP contribution in [0.15, 0.2) is 41.3 Å². The summed E-state index contributed by atoms with van der Waals surface area (Å²) in [6, 6.07) is 9.23. The lowest BCUT2D eigenvalue weighted by Crippen LogP contribution is -2.16. The van der Waals surface area contributed by atoms with Crippen molar-refractivity contribution < 1.29 is 12.8 Å². The molecular formula is C14H14ClFN2O2S. The van der Waals surface area contributed by atoms with E-state index in [1.165, 1.54) is 12.1 Å². The number of rotatable bonds is 4. The minimum Gasteiger partial charge on any atom is -0.381 e. The van der Waals surface area contributed by atoms with Gasteiger partial charge in [-0.25, -0.2) is 17.9 Å². The second-order valence-corrected chi connectivity index (χ2v) is 6.45. The zero-order chi connectivity index (χ0) is 15.6. The summed E-state index contributed by atoms with van der Waals surface area (Å²) in [4.78, 5) is 0.0587. The van der Waals surface area contributed by atoms with Gasteiger partial charge in [0.15, 0.2) is 0 Å². The van der Waals surface area contributed by atoms with Crippen molar-refractivity contribution >= 4 is 27.3 Å². The minimum atomic E-state index is -3.79. The quantitative estimate of drug-likeness (QED) is 0.906. The van der Waals surface area contributed by atoms with Crippen LogP contribution in [0.1, 0.15) is 11.1 Å². The Kier molecular flexibility index (Phi) is 4.51. The number of halogens is 2. The lowest BCUT2D eigenvalue weighted by molar-refractivity contribution is 0.597. The fourth-order valence-electron chi connectivity index (χ4n) is 1.96. The molecule has 7 heteroatoms. The van der Waals surface area contributed by atoms with E-state index in [4.69, 9.17) is 16.7 Å². The molecule has 2 aromatic carbocycles. The zero-order valence-corrected chi connectivity index (χ0v) is 12.8. The Morgan fingerprint density at radius 2 is 1.90 bits per heavy atom. The highest BCUT2D eigenvalue weighted by Gasteiger charge is 2.13. The molecule has 0 aliphatic carbocycles. The molecule has 0 unspecified atom stereocenters. The van der Waals surface area contributed by atoms with Crippen LogP contribution in [0.25, 0.3) is 0 Å². The number of nitrogens with one attached hydrogen (secondary N) is 1. The largest absolute Gasteiger partial charge is 0.381 e. The normalized spacial score (nSPS) is 11.4.